The van der Waals surface area contributed by atoms with Crippen LogP contribution in [0.5, 0.6) is 0 Å². The number of rotatable bonds is 17. The van der Waals surface area contributed by atoms with E-state index >= 15 is 0 Å². The molecular weight excluding hydrogens is 1910 g/mol. The molecule has 6 fully saturated rings. The Labute approximate surface area is 829 Å². The van der Waals surface area contributed by atoms with Crippen molar-refractivity contribution in [3.63, 3.8) is 0 Å². The molecule has 2 aliphatic carbocycles. The summed E-state index contributed by atoms with van der Waals surface area (Å²) in [5.41, 5.74) is 10.9. The Balaban J connectivity index is 0.000000128. The molecule has 45 heteroatoms. The van der Waals surface area contributed by atoms with Crippen molar-refractivity contribution < 1.29 is 54.6 Å². The maximum Gasteiger partial charge on any atom is 0.248 e. The van der Waals surface area contributed by atoms with Crippen LogP contribution in [0, 0.1) is 6.92 Å². The van der Waals surface area contributed by atoms with E-state index in [4.69, 9.17) is 63.7 Å². The van der Waals surface area contributed by atoms with Crippen molar-refractivity contribution in [3.8, 4) is 51.8 Å². The molecule has 0 radical (unpaired) electrons. The van der Waals surface area contributed by atoms with Crippen LogP contribution in [0.4, 0.5) is 58.2 Å². The summed E-state index contributed by atoms with van der Waals surface area (Å²) in [4.78, 5) is 93.4. The minimum Gasteiger partial charge on any atom is -0.387 e. The fraction of sp³-hybridized carbons (Fsp3) is 0.443. The van der Waals surface area contributed by atoms with Crippen molar-refractivity contribution in [1.29, 1.82) is 0 Å². The summed E-state index contributed by atoms with van der Waals surface area (Å²) >= 11 is 0. The van der Waals surface area contributed by atoms with E-state index < -0.39 is 55.3 Å². The average Bonchev–Trinajstić information content (AvgIpc) is 1.53. The van der Waals surface area contributed by atoms with Gasteiger partial charge in [0.1, 0.15) is 53.5 Å². The zero-order chi connectivity index (χ0) is 100. The Morgan fingerprint density at radius 1 is 0.465 bits per heavy atom. The number of aliphatic hydroxyl groups excluding tert-OH is 1. The van der Waals surface area contributed by atoms with Gasteiger partial charge in [0, 0.05) is 248 Å². The second-order valence-corrected chi connectivity index (χ2v) is 49.3. The van der Waals surface area contributed by atoms with Crippen molar-refractivity contribution in [2.75, 3.05) is 205 Å². The van der Waals surface area contributed by atoms with E-state index in [0.29, 0.717) is 150 Å². The van der Waals surface area contributed by atoms with Crippen LogP contribution in [0.3, 0.4) is 0 Å². The van der Waals surface area contributed by atoms with E-state index in [1.54, 1.807) is 80.6 Å². The number of ether oxygens (including phenoxy) is 5. The van der Waals surface area contributed by atoms with E-state index in [1.807, 2.05) is 125 Å². The summed E-state index contributed by atoms with van der Waals surface area (Å²) < 4.78 is 116. The number of amides is 1. The smallest absolute Gasteiger partial charge is 0.248 e. The number of carbonyl (C=O) groups is 1. The van der Waals surface area contributed by atoms with Gasteiger partial charge in [0.05, 0.1) is 134 Å². The molecule has 1 N–H and O–H groups in total. The molecule has 6 aliphatic heterocycles. The molecular formula is C97H122N28O12S5. The molecule has 0 spiro atoms. The van der Waals surface area contributed by atoms with Crippen LogP contribution in [0.2, 0.25) is 0 Å². The van der Waals surface area contributed by atoms with Crippen LogP contribution in [-0.4, -0.2) is 331 Å². The number of benzene rings is 1. The first-order valence-corrected chi connectivity index (χ1v) is 58.2. The maximum atomic E-state index is 13.5. The summed E-state index contributed by atoms with van der Waals surface area (Å²) in [6.45, 7) is 24.5. The summed E-state index contributed by atoms with van der Waals surface area (Å²) in [5.74, 6) is 9.47. The number of pyridine rings is 3. The van der Waals surface area contributed by atoms with Gasteiger partial charge in [-0.1, -0.05) is 49.4 Å². The Kier molecular flexibility index (Phi) is 32.3. The number of anilines is 5. The number of para-hydroxylation sites is 2. The lowest BCUT2D eigenvalue weighted by Gasteiger charge is -2.34. The normalized spacial score (nSPS) is 19.0. The Morgan fingerprint density at radius 2 is 0.915 bits per heavy atom. The highest BCUT2D eigenvalue weighted by molar-refractivity contribution is 7.94. The highest BCUT2D eigenvalue weighted by atomic mass is 32.2. The van der Waals surface area contributed by atoms with Crippen LogP contribution in [0.1, 0.15) is 75.6 Å². The van der Waals surface area contributed by atoms with Crippen LogP contribution in [0.15, 0.2) is 162 Å². The van der Waals surface area contributed by atoms with E-state index in [2.05, 4.69) is 134 Å². The first kappa shape index (κ1) is 103. The minimum absolute atomic E-state index is 0.133. The first-order chi connectivity index (χ1) is 67.9. The molecule has 0 bridgehead atoms. The van der Waals surface area contributed by atoms with Crippen LogP contribution < -0.4 is 24.5 Å². The average molecular weight is 2030 g/mol. The third-order valence-electron chi connectivity index (χ3n) is 23.9. The molecule has 8 aliphatic rings. The number of allylic oxidation sites excluding steroid dienone is 2. The van der Waals surface area contributed by atoms with Crippen molar-refractivity contribution in [1.82, 2.24) is 88.6 Å². The molecule has 40 nitrogen and oxygen atoms in total. The van der Waals surface area contributed by atoms with Crippen LogP contribution >= 0.6 is 0 Å². The van der Waals surface area contributed by atoms with Crippen molar-refractivity contribution in [3.05, 3.63) is 174 Å². The molecule has 0 saturated carbocycles. The van der Waals surface area contributed by atoms with Gasteiger partial charge in [-0.05, 0) is 96.1 Å². The lowest BCUT2D eigenvalue weighted by atomic mass is 10.1. The molecule has 0 unspecified atom stereocenters. The SMILES string of the molecule is CCc1nc2ccccc2n1-c1nc(N=S(C)(C)=O)cc(N2CCOC[C@H]2C)n1.C[C@@H]1COCCN1c1cc(N=S(C)(C)=O)nc(-c2cccc3cccn23)n1.C[C@@H]1COCCN1c1cc(N=S(C)(C)=O)nc(-c2ncnc3c2C=CC3)n1.C[C@@H]1COCCN1c1cc(N=S2(=O)CCN(C(=O)CO)CC2)nc(-c2ccnc3c2C=CC3)n1.Cc1cc(-c2nc(N=S(C)(C)=O)cc(N3CCOC[C@H]3C)n2)ccn1. The van der Waals surface area contributed by atoms with Crippen molar-refractivity contribution in [2.24, 2.45) is 21.8 Å². The number of aliphatic hydroxyl groups is 1. The molecule has 1 aromatic carbocycles. The van der Waals surface area contributed by atoms with Gasteiger partial charge >= 0.3 is 0 Å². The lowest BCUT2D eigenvalue weighted by Crippen LogP contribution is -2.44. The fourth-order valence-corrected chi connectivity index (χ4v) is 21.3. The van der Waals surface area contributed by atoms with Gasteiger partial charge in [-0.15, -0.1) is 0 Å². The molecule has 752 valence electrons. The summed E-state index contributed by atoms with van der Waals surface area (Å²) in [6, 6.07) is 33.6. The quantitative estimate of drug-likeness (QED) is 0.0884. The highest BCUT2D eigenvalue weighted by Crippen LogP contribution is 2.38. The molecule has 20 rings (SSSR count). The predicted molar refractivity (Wildman–Crippen MR) is 558 cm³/mol. The second kappa shape index (κ2) is 44.7. The van der Waals surface area contributed by atoms with Gasteiger partial charge in [0.25, 0.3) is 0 Å². The van der Waals surface area contributed by atoms with E-state index in [1.165, 1.54) is 11.2 Å². The van der Waals surface area contributed by atoms with E-state index in [-0.39, 0.29) is 47.6 Å². The fourth-order valence-electron chi connectivity index (χ4n) is 17.3. The van der Waals surface area contributed by atoms with Gasteiger partial charge in [-0.3, -0.25) is 19.3 Å². The maximum absolute atomic E-state index is 13.5. The zero-order valence-electron chi connectivity index (χ0n) is 82.6. The number of imidazole rings is 1. The van der Waals surface area contributed by atoms with Crippen LogP contribution in [0.25, 0.3) is 80.5 Å². The summed E-state index contributed by atoms with van der Waals surface area (Å²) in [7, 11) is -12.0. The van der Waals surface area contributed by atoms with Gasteiger partial charge in [-0.25, -0.2) is 75.9 Å². The molecule has 17 heterocycles. The van der Waals surface area contributed by atoms with E-state index in [0.717, 1.165) is 142 Å². The Bertz CT molecular complexity index is 7400. The number of fused-ring (bicyclic) bond motifs is 4. The van der Waals surface area contributed by atoms with Crippen LogP contribution in [-0.2, 0) is 96.4 Å². The number of hydrogen-bond acceptors (Lipinski definition) is 37. The third-order valence-corrected chi connectivity index (χ3v) is 28.6. The first-order valence-electron chi connectivity index (χ1n) is 47.0. The molecule has 5 atom stereocenters. The van der Waals surface area contributed by atoms with Crippen molar-refractivity contribution in [2.45, 2.75) is 97.9 Å². The van der Waals surface area contributed by atoms with Gasteiger partial charge in [-0.2, -0.15) is 31.8 Å². The monoisotopic (exact) mass is 2030 g/mol. The molecule has 142 heavy (non-hydrogen) atoms. The molecule has 1 amide bonds. The predicted octanol–water partition coefficient (Wildman–Crippen LogP) is 11.7. The second-order valence-electron chi connectivity index (χ2n) is 36.6. The zero-order valence-corrected chi connectivity index (χ0v) is 86.7. The molecule has 6 saturated heterocycles. The number of aromatic nitrogens is 17. The third kappa shape index (κ3) is 26.0. The van der Waals surface area contributed by atoms with Gasteiger partial charge in [0.2, 0.25) is 11.9 Å². The van der Waals surface area contributed by atoms with E-state index in [9.17, 15) is 25.8 Å². The highest BCUT2D eigenvalue weighted by Gasteiger charge is 2.32. The number of nitrogens with zero attached hydrogens (tertiary/aromatic N) is 28. The van der Waals surface area contributed by atoms with Crippen molar-refractivity contribution >= 4 is 141 Å². The number of morpholine rings is 5. The molecule has 11 aromatic heterocycles. The minimum atomic E-state index is -2.60. The summed E-state index contributed by atoms with van der Waals surface area (Å²) in [5, 5.41) is 9.11. The topological polar surface area (TPSA) is 453 Å². The molecule has 12 aromatic rings. The standard InChI is InChI=1S/C23H28N6O4S.C20H26N6O2S.C19H23N5O2S.C18H22N6O2S.C17H23N5O2S/c1-16-15-33-10-7-29(16)21-13-20(27-34(32)11-8-28(9-12-34)22(31)14-30)25-23(26-21)18-5-6-24-19-4-2-3-17(18)19;1-5-18-21-15-8-6-7-9-16(15)26(18)20-22-17(24-29(3,4)27)12-19(23-20)25-10-11-28-13-14(25)2;1-14-13-26-11-10-23(14)18-12-17(22-27(2,3)25)20-19(21-18)16-8-4-6-15-7-5-9-24(15)16;1-12-10-26-8-7-24(12)16-9-15(23-27(2,3)25)21-18(22-16)17-13-5-4-6-14(13)19-11-20-17;1-12-9-14(5-6-18-12)17-19-15(21-25(3,4)23)10-16(20-17)22-7-8-24-11-13(22)2/h2-3,5-6,13,16,30H,4,7-12,14-15H2,1H3;6-9,12,14H,5,10-11,13H2,1-4H3;4-9,12,14H,10-11,13H2,1-3H3;4-5,9,11-12H,6-8,10H2,1-3H3;5-6,9-10,13H,7-8,11H2,1-4H3/t16-;2*14-;12-;13-/m11111/s1. The lowest BCUT2D eigenvalue weighted by molar-refractivity contribution is -0.133. The summed E-state index contributed by atoms with van der Waals surface area (Å²) in [6.07, 6.45) is 30.3. The van der Waals surface area contributed by atoms with Gasteiger partial charge in [0.15, 0.2) is 52.4 Å². The largest absolute Gasteiger partial charge is 0.387 e. The number of aryl methyl sites for hydroxylation is 2. The van der Waals surface area contributed by atoms with Gasteiger partial charge < -0.3 is 62.6 Å². The number of hydrogen-bond donors (Lipinski definition) is 1. The Hall–Kier alpha value is -12.3. The Morgan fingerprint density at radius 3 is 1.43 bits per heavy atom. The number of carbonyl (C=O) groups excluding carboxylic acids is 1.